The molecule has 18 heavy (non-hydrogen) atoms. The zero-order valence-electron chi connectivity index (χ0n) is 11.4. The van der Waals surface area contributed by atoms with Crippen molar-refractivity contribution in [3.05, 3.63) is 12.1 Å². The predicted molar refractivity (Wildman–Crippen MR) is 72.6 cm³/mol. The lowest BCUT2D eigenvalue weighted by atomic mass is 9.92. The number of nitrogens with two attached hydrogens (primary N) is 1. The minimum Gasteiger partial charge on any atom is -0.481 e. The molecule has 5 nitrogen and oxygen atoms in total. The number of aromatic nitrogens is 3. The summed E-state index contributed by atoms with van der Waals surface area (Å²) in [6.07, 6.45) is 1.02. The number of nitrogen functional groups attached to an aromatic ring is 1. The highest BCUT2D eigenvalue weighted by atomic mass is 16.5. The average molecular weight is 248 g/mol. The van der Waals surface area contributed by atoms with E-state index >= 15 is 0 Å². The van der Waals surface area contributed by atoms with E-state index in [0.29, 0.717) is 11.8 Å². The molecule has 0 aromatic carbocycles. The van der Waals surface area contributed by atoms with Crippen molar-refractivity contribution in [1.29, 1.82) is 0 Å². The number of methoxy groups -OCH3 is 1. The van der Waals surface area contributed by atoms with E-state index in [4.69, 9.17) is 10.5 Å². The van der Waals surface area contributed by atoms with Gasteiger partial charge >= 0.3 is 0 Å². The van der Waals surface area contributed by atoms with Gasteiger partial charge in [0, 0.05) is 12.6 Å². The van der Waals surface area contributed by atoms with Crippen molar-refractivity contribution < 1.29 is 4.74 Å². The van der Waals surface area contributed by atoms with Crippen LogP contribution in [0.3, 0.4) is 0 Å². The van der Waals surface area contributed by atoms with Gasteiger partial charge in [0.15, 0.2) is 5.65 Å². The molecule has 2 heterocycles. The number of rotatable bonds is 3. The molecule has 98 valence electrons. The summed E-state index contributed by atoms with van der Waals surface area (Å²) in [4.78, 5) is 8.73. The fourth-order valence-corrected chi connectivity index (χ4v) is 1.78. The summed E-state index contributed by atoms with van der Waals surface area (Å²) < 4.78 is 7.09. The summed E-state index contributed by atoms with van der Waals surface area (Å²) in [7, 11) is 1.60. The quantitative estimate of drug-likeness (QED) is 0.906. The van der Waals surface area contributed by atoms with Gasteiger partial charge in [-0.2, -0.15) is 4.98 Å². The van der Waals surface area contributed by atoms with Crippen molar-refractivity contribution in [2.24, 2.45) is 5.41 Å². The zero-order valence-corrected chi connectivity index (χ0v) is 11.4. The standard InChI is InChI=1S/C13H20N4O/c1-13(2,3)7-8-17-11-9(15-12(17)14)5-6-10(16-11)18-4/h5-6H,7-8H2,1-4H3,(H2,14,15). The van der Waals surface area contributed by atoms with E-state index < -0.39 is 0 Å². The highest BCUT2D eigenvalue weighted by molar-refractivity contribution is 5.74. The maximum atomic E-state index is 5.95. The van der Waals surface area contributed by atoms with Crippen molar-refractivity contribution in [3.63, 3.8) is 0 Å². The van der Waals surface area contributed by atoms with E-state index in [-0.39, 0.29) is 5.41 Å². The molecule has 2 aromatic heterocycles. The van der Waals surface area contributed by atoms with Crippen LogP contribution in [0.5, 0.6) is 5.88 Å². The minimum absolute atomic E-state index is 0.252. The molecule has 2 N–H and O–H groups in total. The van der Waals surface area contributed by atoms with Crippen molar-refractivity contribution in [3.8, 4) is 5.88 Å². The van der Waals surface area contributed by atoms with Crippen LogP contribution in [0.2, 0.25) is 0 Å². The summed E-state index contributed by atoms with van der Waals surface area (Å²) in [6, 6.07) is 3.67. The normalized spacial score (nSPS) is 12.0. The van der Waals surface area contributed by atoms with Crippen LogP contribution in [0, 0.1) is 5.41 Å². The Bertz CT molecular complexity index is 554. The molecule has 0 atom stereocenters. The van der Waals surface area contributed by atoms with E-state index in [0.717, 1.165) is 24.1 Å². The molecule has 0 spiro atoms. The van der Waals surface area contributed by atoms with Crippen LogP contribution in [-0.4, -0.2) is 21.6 Å². The number of ether oxygens (including phenoxy) is 1. The Balaban J connectivity index is 2.39. The Morgan fingerprint density at radius 3 is 2.61 bits per heavy atom. The molecule has 0 amide bonds. The van der Waals surface area contributed by atoms with Gasteiger partial charge < -0.3 is 10.5 Å². The molecule has 0 saturated heterocycles. The van der Waals surface area contributed by atoms with E-state index in [1.54, 1.807) is 13.2 Å². The molecular formula is C13H20N4O. The predicted octanol–water partition coefficient (Wildman–Crippen LogP) is 2.46. The second kappa shape index (κ2) is 4.48. The molecule has 0 saturated carbocycles. The van der Waals surface area contributed by atoms with E-state index in [2.05, 4.69) is 30.7 Å². The summed E-state index contributed by atoms with van der Waals surface area (Å²) >= 11 is 0. The van der Waals surface area contributed by atoms with Gasteiger partial charge in [-0.1, -0.05) is 20.8 Å². The van der Waals surface area contributed by atoms with Gasteiger partial charge in [-0.05, 0) is 17.9 Å². The topological polar surface area (TPSA) is 66.0 Å². The largest absolute Gasteiger partial charge is 0.481 e. The Hall–Kier alpha value is -1.78. The Labute approximate surface area is 107 Å². The van der Waals surface area contributed by atoms with Crippen LogP contribution in [-0.2, 0) is 6.54 Å². The minimum atomic E-state index is 0.252. The smallest absolute Gasteiger partial charge is 0.215 e. The summed E-state index contributed by atoms with van der Waals surface area (Å²) in [5, 5.41) is 0. The number of nitrogens with zero attached hydrogens (tertiary/aromatic N) is 3. The average Bonchev–Trinajstić information content (AvgIpc) is 2.60. The van der Waals surface area contributed by atoms with Gasteiger partial charge in [0.05, 0.1) is 7.11 Å². The van der Waals surface area contributed by atoms with E-state index in [1.165, 1.54) is 0 Å². The molecule has 0 aliphatic heterocycles. The lowest BCUT2D eigenvalue weighted by Crippen LogP contribution is -2.12. The van der Waals surface area contributed by atoms with Gasteiger partial charge in [-0.25, -0.2) is 4.98 Å². The summed E-state index contributed by atoms with van der Waals surface area (Å²) in [6.45, 7) is 7.43. The molecule has 5 heteroatoms. The van der Waals surface area contributed by atoms with Gasteiger partial charge in [-0.3, -0.25) is 4.57 Å². The SMILES string of the molecule is COc1ccc2nc(N)n(CCC(C)(C)C)c2n1. The number of hydrogen-bond donors (Lipinski definition) is 1. The highest BCUT2D eigenvalue weighted by Crippen LogP contribution is 2.24. The molecule has 2 aromatic rings. The van der Waals surface area contributed by atoms with Crippen LogP contribution < -0.4 is 10.5 Å². The van der Waals surface area contributed by atoms with Gasteiger partial charge in [0.1, 0.15) is 5.52 Å². The second-order valence-corrected chi connectivity index (χ2v) is 5.63. The first kappa shape index (κ1) is 12.7. The molecule has 2 rings (SSSR count). The molecule has 0 aliphatic rings. The van der Waals surface area contributed by atoms with Crippen LogP contribution in [0.15, 0.2) is 12.1 Å². The first-order chi connectivity index (χ1) is 8.40. The summed E-state index contributed by atoms with van der Waals surface area (Å²) in [5.41, 5.74) is 7.79. The molecule has 0 fully saturated rings. The van der Waals surface area contributed by atoms with Crippen LogP contribution in [0.25, 0.3) is 11.2 Å². The fraction of sp³-hybridized carbons (Fsp3) is 0.538. The zero-order chi connectivity index (χ0) is 13.3. The molecular weight excluding hydrogens is 228 g/mol. The Morgan fingerprint density at radius 1 is 1.28 bits per heavy atom. The number of fused-ring (bicyclic) bond motifs is 1. The molecule has 0 radical (unpaired) electrons. The third-order valence-corrected chi connectivity index (χ3v) is 2.89. The van der Waals surface area contributed by atoms with Gasteiger partial charge in [0.2, 0.25) is 11.8 Å². The van der Waals surface area contributed by atoms with Crippen molar-refractivity contribution >= 4 is 17.1 Å². The Kier molecular flexibility index (Phi) is 3.15. The van der Waals surface area contributed by atoms with Crippen molar-refractivity contribution in [1.82, 2.24) is 14.5 Å². The number of imidazole rings is 1. The number of anilines is 1. The fourth-order valence-electron chi connectivity index (χ4n) is 1.78. The first-order valence-electron chi connectivity index (χ1n) is 6.07. The van der Waals surface area contributed by atoms with Crippen LogP contribution in [0.4, 0.5) is 5.95 Å². The maximum Gasteiger partial charge on any atom is 0.215 e. The maximum absolute atomic E-state index is 5.95. The number of aryl methyl sites for hydroxylation is 1. The van der Waals surface area contributed by atoms with E-state index in [9.17, 15) is 0 Å². The van der Waals surface area contributed by atoms with Gasteiger partial charge in [0.25, 0.3) is 0 Å². The Morgan fingerprint density at radius 2 is 2.00 bits per heavy atom. The van der Waals surface area contributed by atoms with Gasteiger partial charge in [-0.15, -0.1) is 0 Å². The van der Waals surface area contributed by atoms with Crippen molar-refractivity contribution in [2.75, 3.05) is 12.8 Å². The third kappa shape index (κ3) is 2.55. The lowest BCUT2D eigenvalue weighted by Gasteiger charge is -2.18. The first-order valence-corrected chi connectivity index (χ1v) is 6.07. The monoisotopic (exact) mass is 248 g/mol. The summed E-state index contributed by atoms with van der Waals surface area (Å²) in [5.74, 6) is 1.09. The number of hydrogen-bond acceptors (Lipinski definition) is 4. The molecule has 0 unspecified atom stereocenters. The van der Waals surface area contributed by atoms with Crippen molar-refractivity contribution in [2.45, 2.75) is 33.7 Å². The molecule has 0 aliphatic carbocycles. The highest BCUT2D eigenvalue weighted by Gasteiger charge is 2.15. The third-order valence-electron chi connectivity index (χ3n) is 2.89. The molecule has 0 bridgehead atoms. The number of pyridine rings is 1. The lowest BCUT2D eigenvalue weighted by molar-refractivity contribution is 0.353. The second-order valence-electron chi connectivity index (χ2n) is 5.63. The van der Waals surface area contributed by atoms with E-state index in [1.807, 2.05) is 10.6 Å². The van der Waals surface area contributed by atoms with Crippen LogP contribution >= 0.6 is 0 Å². The van der Waals surface area contributed by atoms with Crippen LogP contribution in [0.1, 0.15) is 27.2 Å².